The van der Waals surface area contributed by atoms with Crippen LogP contribution in [0.5, 0.6) is 5.75 Å². The van der Waals surface area contributed by atoms with E-state index in [0.717, 1.165) is 31.9 Å². The van der Waals surface area contributed by atoms with Gasteiger partial charge in [0.2, 0.25) is 0 Å². The highest BCUT2D eigenvalue weighted by atomic mass is 32.1. The van der Waals surface area contributed by atoms with Crippen LogP contribution >= 0.6 is 11.3 Å². The van der Waals surface area contributed by atoms with Crippen LogP contribution in [0.1, 0.15) is 22.2 Å². The van der Waals surface area contributed by atoms with Gasteiger partial charge in [0.25, 0.3) is 0 Å². The number of hydrogen-bond acceptors (Lipinski definition) is 4. The first-order valence-electron chi connectivity index (χ1n) is 7.31. The molecule has 4 heteroatoms. The Morgan fingerprint density at radius 3 is 2.43 bits per heavy atom. The number of methoxy groups -OCH3 is 1. The fourth-order valence-corrected chi connectivity index (χ4v) is 3.28. The summed E-state index contributed by atoms with van der Waals surface area (Å²) in [5, 5.41) is 3.37. The van der Waals surface area contributed by atoms with Gasteiger partial charge in [-0.3, -0.25) is 4.90 Å². The first kappa shape index (κ1) is 16.0. The molecule has 21 heavy (non-hydrogen) atoms. The van der Waals surface area contributed by atoms with Crippen molar-refractivity contribution < 1.29 is 4.74 Å². The average molecular weight is 304 g/mol. The van der Waals surface area contributed by atoms with Crippen LogP contribution in [-0.2, 0) is 19.6 Å². The van der Waals surface area contributed by atoms with E-state index in [1.54, 1.807) is 7.11 Å². The number of hydrogen-bond donors (Lipinski definition) is 1. The number of ether oxygens (including phenoxy) is 1. The van der Waals surface area contributed by atoms with Crippen molar-refractivity contribution in [3.05, 3.63) is 51.7 Å². The molecule has 0 radical (unpaired) electrons. The third-order valence-corrected chi connectivity index (χ3v) is 4.37. The maximum Gasteiger partial charge on any atom is 0.118 e. The highest BCUT2D eigenvalue weighted by Crippen LogP contribution is 2.19. The normalized spacial score (nSPS) is 11.0. The summed E-state index contributed by atoms with van der Waals surface area (Å²) in [6, 6.07) is 12.7. The maximum atomic E-state index is 5.19. The van der Waals surface area contributed by atoms with Gasteiger partial charge in [-0.25, -0.2) is 0 Å². The van der Waals surface area contributed by atoms with Crippen molar-refractivity contribution in [1.82, 2.24) is 10.2 Å². The Balaban J connectivity index is 1.85. The SMILES string of the molecule is CCNCc1ccc(CN(C)Cc2ccc(OC)cc2)s1. The van der Waals surface area contributed by atoms with Crippen molar-refractivity contribution in [3.63, 3.8) is 0 Å². The first-order chi connectivity index (χ1) is 10.2. The zero-order valence-electron chi connectivity index (χ0n) is 13.1. The van der Waals surface area contributed by atoms with Gasteiger partial charge in [0.1, 0.15) is 5.75 Å². The minimum atomic E-state index is 0.910. The molecule has 2 aromatic rings. The summed E-state index contributed by atoms with van der Waals surface area (Å²) in [6.45, 7) is 6.07. The molecule has 2 rings (SSSR count). The van der Waals surface area contributed by atoms with Crippen LogP contribution < -0.4 is 10.1 Å². The topological polar surface area (TPSA) is 24.5 Å². The molecule has 0 aliphatic heterocycles. The molecule has 1 N–H and O–H groups in total. The molecule has 0 atom stereocenters. The molecule has 0 fully saturated rings. The molecule has 1 aromatic carbocycles. The van der Waals surface area contributed by atoms with E-state index in [9.17, 15) is 0 Å². The number of benzene rings is 1. The van der Waals surface area contributed by atoms with E-state index < -0.39 is 0 Å². The van der Waals surface area contributed by atoms with Gasteiger partial charge in [0, 0.05) is 29.4 Å². The summed E-state index contributed by atoms with van der Waals surface area (Å²) in [7, 11) is 3.86. The standard InChI is InChI=1S/C17H24N2OS/c1-4-18-11-16-9-10-17(21-16)13-19(2)12-14-5-7-15(20-3)8-6-14/h5-10,18H,4,11-13H2,1-3H3. The van der Waals surface area contributed by atoms with Gasteiger partial charge in [-0.05, 0) is 43.4 Å². The van der Waals surface area contributed by atoms with Crippen LogP contribution in [-0.4, -0.2) is 25.6 Å². The monoisotopic (exact) mass is 304 g/mol. The molecular weight excluding hydrogens is 280 g/mol. The smallest absolute Gasteiger partial charge is 0.118 e. The molecule has 1 heterocycles. The zero-order valence-corrected chi connectivity index (χ0v) is 13.9. The van der Waals surface area contributed by atoms with Crippen LogP contribution in [0.4, 0.5) is 0 Å². The molecule has 114 valence electrons. The molecule has 3 nitrogen and oxygen atoms in total. The van der Waals surface area contributed by atoms with Crippen molar-refractivity contribution in [3.8, 4) is 5.75 Å². The van der Waals surface area contributed by atoms with Crippen LogP contribution in [0, 0.1) is 0 Å². The molecular formula is C17H24N2OS. The minimum Gasteiger partial charge on any atom is -0.497 e. The van der Waals surface area contributed by atoms with Crippen LogP contribution in [0.3, 0.4) is 0 Å². The summed E-state index contributed by atoms with van der Waals surface area (Å²) in [5.74, 6) is 0.910. The van der Waals surface area contributed by atoms with E-state index in [1.807, 2.05) is 23.5 Å². The van der Waals surface area contributed by atoms with Crippen LogP contribution in [0.2, 0.25) is 0 Å². The molecule has 0 saturated heterocycles. The quantitative estimate of drug-likeness (QED) is 0.808. The van der Waals surface area contributed by atoms with Gasteiger partial charge in [0.05, 0.1) is 7.11 Å². The van der Waals surface area contributed by atoms with E-state index >= 15 is 0 Å². The highest BCUT2D eigenvalue weighted by molar-refractivity contribution is 7.11. The predicted molar refractivity (Wildman–Crippen MR) is 89.9 cm³/mol. The molecule has 0 amide bonds. The average Bonchev–Trinajstić information content (AvgIpc) is 2.93. The second kappa shape index (κ2) is 8.17. The van der Waals surface area contributed by atoms with E-state index in [2.05, 4.69) is 48.5 Å². The summed E-state index contributed by atoms with van der Waals surface area (Å²) in [4.78, 5) is 5.16. The molecule has 0 unspecified atom stereocenters. The van der Waals surface area contributed by atoms with E-state index in [-0.39, 0.29) is 0 Å². The lowest BCUT2D eigenvalue weighted by Crippen LogP contribution is -2.16. The van der Waals surface area contributed by atoms with Gasteiger partial charge in [-0.2, -0.15) is 0 Å². The maximum absolute atomic E-state index is 5.19. The largest absolute Gasteiger partial charge is 0.497 e. The number of rotatable bonds is 8. The number of nitrogens with zero attached hydrogens (tertiary/aromatic N) is 1. The van der Waals surface area contributed by atoms with E-state index in [0.29, 0.717) is 0 Å². The summed E-state index contributed by atoms with van der Waals surface area (Å²) in [5.41, 5.74) is 1.31. The van der Waals surface area contributed by atoms with Gasteiger partial charge in [0.15, 0.2) is 0 Å². The Kier molecular flexibility index (Phi) is 6.23. The van der Waals surface area contributed by atoms with E-state index in [4.69, 9.17) is 4.74 Å². The third kappa shape index (κ3) is 5.16. The van der Waals surface area contributed by atoms with Crippen molar-refractivity contribution in [1.29, 1.82) is 0 Å². The van der Waals surface area contributed by atoms with Gasteiger partial charge in [-0.1, -0.05) is 19.1 Å². The Hall–Kier alpha value is -1.36. The Labute approximate surface area is 131 Å². The minimum absolute atomic E-state index is 0.910. The Morgan fingerprint density at radius 1 is 1.05 bits per heavy atom. The van der Waals surface area contributed by atoms with Gasteiger partial charge >= 0.3 is 0 Å². The lowest BCUT2D eigenvalue weighted by atomic mass is 10.2. The van der Waals surface area contributed by atoms with Crippen molar-refractivity contribution in [2.24, 2.45) is 0 Å². The van der Waals surface area contributed by atoms with Crippen LogP contribution in [0.25, 0.3) is 0 Å². The lowest BCUT2D eigenvalue weighted by molar-refractivity contribution is 0.321. The van der Waals surface area contributed by atoms with Crippen molar-refractivity contribution in [2.75, 3.05) is 20.7 Å². The lowest BCUT2D eigenvalue weighted by Gasteiger charge is -2.15. The van der Waals surface area contributed by atoms with Crippen molar-refractivity contribution in [2.45, 2.75) is 26.6 Å². The molecule has 0 aliphatic rings. The zero-order chi connectivity index (χ0) is 15.1. The molecule has 0 spiro atoms. The van der Waals surface area contributed by atoms with E-state index in [1.165, 1.54) is 15.3 Å². The summed E-state index contributed by atoms with van der Waals surface area (Å²) >= 11 is 1.89. The summed E-state index contributed by atoms with van der Waals surface area (Å²) in [6.07, 6.45) is 0. The fourth-order valence-electron chi connectivity index (χ4n) is 2.22. The molecule has 1 aromatic heterocycles. The van der Waals surface area contributed by atoms with Crippen LogP contribution in [0.15, 0.2) is 36.4 Å². The predicted octanol–water partition coefficient (Wildman–Crippen LogP) is 3.50. The molecule has 0 bridgehead atoms. The second-order valence-corrected chi connectivity index (χ2v) is 6.42. The Bertz CT molecular complexity index is 536. The first-order valence-corrected chi connectivity index (χ1v) is 8.12. The summed E-state index contributed by atoms with van der Waals surface area (Å²) < 4.78 is 5.19. The fraction of sp³-hybridized carbons (Fsp3) is 0.412. The molecule has 0 saturated carbocycles. The number of nitrogens with one attached hydrogen (secondary N) is 1. The third-order valence-electron chi connectivity index (χ3n) is 3.30. The highest BCUT2D eigenvalue weighted by Gasteiger charge is 2.05. The van der Waals surface area contributed by atoms with Crippen molar-refractivity contribution >= 4 is 11.3 Å². The number of thiophene rings is 1. The van der Waals surface area contributed by atoms with Gasteiger partial charge in [-0.15, -0.1) is 11.3 Å². The molecule has 0 aliphatic carbocycles. The Morgan fingerprint density at radius 2 is 1.76 bits per heavy atom. The second-order valence-electron chi connectivity index (χ2n) is 5.17. The van der Waals surface area contributed by atoms with Gasteiger partial charge < -0.3 is 10.1 Å².